The number of nitrogens with zero attached hydrogens (tertiary/aromatic N) is 1. The van der Waals surface area contributed by atoms with E-state index in [0.717, 1.165) is 33.8 Å². The van der Waals surface area contributed by atoms with Gasteiger partial charge in [0, 0.05) is 22.4 Å². The molecule has 0 heterocycles. The number of rotatable bonds is 9. The van der Waals surface area contributed by atoms with E-state index in [2.05, 4.69) is 292 Å². The molecule has 0 unspecified atom stereocenters. The van der Waals surface area contributed by atoms with E-state index in [4.69, 9.17) is 0 Å². The molecule has 2 aliphatic carbocycles. The molecule has 0 aromatic heterocycles. The highest BCUT2D eigenvalue weighted by atomic mass is 15.1. The average Bonchev–Trinajstić information content (AvgIpc) is 3.86. The predicted octanol–water partition coefficient (Wildman–Crippen LogP) is 18.5. The van der Waals surface area contributed by atoms with E-state index >= 15 is 0 Å². The lowest BCUT2D eigenvalue weighted by Gasteiger charge is -2.36. The smallest absolute Gasteiger partial charge is 0.0714 e. The molecule has 1 nitrogen and oxygen atoms in total. The molecule has 0 N–H and O–H groups in total. The Balaban J connectivity index is 1.17. The number of hydrogen-bond acceptors (Lipinski definition) is 1. The van der Waals surface area contributed by atoms with Gasteiger partial charge in [-0.3, -0.25) is 0 Å². The first kappa shape index (κ1) is 42.3. The topological polar surface area (TPSA) is 3.24 Å². The molecule has 0 atom stereocenters. The van der Waals surface area contributed by atoms with Gasteiger partial charge in [0.25, 0.3) is 0 Å². The van der Waals surface area contributed by atoms with Gasteiger partial charge in [-0.1, -0.05) is 238 Å². The molecule has 336 valence electrons. The summed E-state index contributed by atoms with van der Waals surface area (Å²) in [6, 6.07) is 101. The Morgan fingerprint density at radius 1 is 0.254 bits per heavy atom. The van der Waals surface area contributed by atoms with Crippen LogP contribution in [0.3, 0.4) is 0 Å². The minimum Gasteiger partial charge on any atom is -0.310 e. The van der Waals surface area contributed by atoms with Gasteiger partial charge in [0.2, 0.25) is 0 Å². The minimum atomic E-state index is -0.609. The van der Waals surface area contributed by atoms with Crippen molar-refractivity contribution in [2.24, 2.45) is 0 Å². The Kier molecular flexibility index (Phi) is 10.1. The second-order valence-electron chi connectivity index (χ2n) is 19.6. The van der Waals surface area contributed by atoms with Gasteiger partial charge < -0.3 is 4.90 Å². The van der Waals surface area contributed by atoms with Gasteiger partial charge in [0.15, 0.2) is 0 Å². The van der Waals surface area contributed by atoms with Gasteiger partial charge in [-0.15, -0.1) is 0 Å². The van der Waals surface area contributed by atoms with E-state index in [1.807, 2.05) is 0 Å². The summed E-state index contributed by atoms with van der Waals surface area (Å²) in [5.74, 6) is 0. The van der Waals surface area contributed by atoms with E-state index in [-0.39, 0.29) is 5.41 Å². The number of fused-ring (bicyclic) bond motifs is 6. The Morgan fingerprint density at radius 3 is 1.31 bits per heavy atom. The summed E-state index contributed by atoms with van der Waals surface area (Å²) in [4.78, 5) is 2.55. The van der Waals surface area contributed by atoms with Crippen LogP contribution in [0.2, 0.25) is 0 Å². The van der Waals surface area contributed by atoms with Gasteiger partial charge in [-0.25, -0.2) is 0 Å². The zero-order valence-corrected chi connectivity index (χ0v) is 39.9. The summed E-state index contributed by atoms with van der Waals surface area (Å²) in [6.45, 7) is 4.77. The highest BCUT2D eigenvalue weighted by molar-refractivity contribution is 5.99. The molecule has 11 aromatic rings. The van der Waals surface area contributed by atoms with E-state index < -0.39 is 5.41 Å². The number of benzene rings is 11. The average molecular weight is 906 g/mol. The Labute approximate surface area is 417 Å². The van der Waals surface area contributed by atoms with Crippen molar-refractivity contribution in [3.63, 3.8) is 0 Å². The Bertz CT molecular complexity index is 3660. The van der Waals surface area contributed by atoms with Crippen LogP contribution in [-0.4, -0.2) is 0 Å². The molecular weight excluding hydrogens is 855 g/mol. The summed E-state index contributed by atoms with van der Waals surface area (Å²) in [6.07, 6.45) is 0. The van der Waals surface area contributed by atoms with E-state index in [0.29, 0.717) is 0 Å². The molecule has 71 heavy (non-hydrogen) atoms. The third kappa shape index (κ3) is 6.91. The molecule has 0 spiro atoms. The van der Waals surface area contributed by atoms with Crippen LogP contribution in [0, 0.1) is 0 Å². The van der Waals surface area contributed by atoms with Crippen LogP contribution >= 0.6 is 0 Å². The van der Waals surface area contributed by atoms with Crippen molar-refractivity contribution < 1.29 is 0 Å². The van der Waals surface area contributed by atoms with E-state index in [1.165, 1.54) is 83.5 Å². The molecule has 0 radical (unpaired) electrons. The van der Waals surface area contributed by atoms with Gasteiger partial charge in [0.1, 0.15) is 0 Å². The zero-order chi connectivity index (χ0) is 47.5. The summed E-state index contributed by atoms with van der Waals surface area (Å²) < 4.78 is 0. The molecule has 0 saturated carbocycles. The molecule has 0 saturated heterocycles. The molecule has 1 heteroatoms. The van der Waals surface area contributed by atoms with Crippen molar-refractivity contribution in [2.75, 3.05) is 4.90 Å². The van der Waals surface area contributed by atoms with Crippen LogP contribution in [0.25, 0.3) is 66.8 Å². The first-order valence-corrected chi connectivity index (χ1v) is 24.8. The van der Waals surface area contributed by atoms with Crippen molar-refractivity contribution in [2.45, 2.75) is 24.7 Å². The monoisotopic (exact) mass is 905 g/mol. The molecule has 0 fully saturated rings. The predicted molar refractivity (Wildman–Crippen MR) is 298 cm³/mol. The van der Waals surface area contributed by atoms with Crippen LogP contribution in [0.1, 0.15) is 47.2 Å². The van der Waals surface area contributed by atoms with E-state index in [9.17, 15) is 0 Å². The maximum absolute atomic E-state index is 2.56. The fourth-order valence-corrected chi connectivity index (χ4v) is 12.0. The molecule has 0 bridgehead atoms. The normalized spacial score (nSPS) is 13.4. The molecular formula is C70H51N. The molecule has 0 aliphatic heterocycles. The van der Waals surface area contributed by atoms with Crippen LogP contribution in [0.5, 0.6) is 0 Å². The van der Waals surface area contributed by atoms with Gasteiger partial charge in [0.05, 0.1) is 11.1 Å². The molecule has 2 aliphatic rings. The van der Waals surface area contributed by atoms with E-state index in [1.54, 1.807) is 0 Å². The fraction of sp³-hybridized carbons (Fsp3) is 0.0571. The summed E-state index contributed by atoms with van der Waals surface area (Å²) in [5.41, 5.74) is 24.7. The quantitative estimate of drug-likeness (QED) is 0.139. The number of anilines is 3. The lowest BCUT2D eigenvalue weighted by molar-refractivity contribution is 0.660. The maximum Gasteiger partial charge on any atom is 0.0714 e. The zero-order valence-electron chi connectivity index (χ0n) is 39.9. The lowest BCUT2D eigenvalue weighted by atomic mass is 9.67. The van der Waals surface area contributed by atoms with Crippen molar-refractivity contribution >= 4 is 17.1 Å². The maximum atomic E-state index is 2.56. The van der Waals surface area contributed by atoms with Crippen molar-refractivity contribution in [3.8, 4) is 66.8 Å². The van der Waals surface area contributed by atoms with Gasteiger partial charge in [-0.2, -0.15) is 0 Å². The third-order valence-corrected chi connectivity index (χ3v) is 15.3. The Morgan fingerprint density at radius 2 is 0.718 bits per heavy atom. The SMILES string of the molecule is CC1(C)c2ccccc2-c2ccc(-c3cc4c(cc3N(c3cccc(-c5ccccc5)c3)c3cc(-c5ccccc5)cc(-c5ccccc5)c3)C(c3ccccc3)(c3ccccc3)c3ccccc3-4)cc21. The third-order valence-electron chi connectivity index (χ3n) is 15.3. The summed E-state index contributed by atoms with van der Waals surface area (Å²) >= 11 is 0. The highest BCUT2D eigenvalue weighted by Gasteiger charge is 2.47. The van der Waals surface area contributed by atoms with Crippen molar-refractivity contribution in [3.05, 3.63) is 306 Å². The van der Waals surface area contributed by atoms with Crippen LogP contribution < -0.4 is 4.90 Å². The fourth-order valence-electron chi connectivity index (χ4n) is 12.0. The van der Waals surface area contributed by atoms with Crippen molar-refractivity contribution in [1.29, 1.82) is 0 Å². The first-order valence-electron chi connectivity index (χ1n) is 24.8. The Hall–Kier alpha value is -8.78. The largest absolute Gasteiger partial charge is 0.310 e. The van der Waals surface area contributed by atoms with Gasteiger partial charge in [-0.05, 0) is 143 Å². The van der Waals surface area contributed by atoms with Crippen LogP contribution in [-0.2, 0) is 10.8 Å². The highest BCUT2D eigenvalue weighted by Crippen LogP contribution is 2.60. The standard InChI is InChI=1S/C70H51N/c1-69(2)64-37-20-18-35-59(64)61-40-39-52(45-66(61)69)62-46-63-60-36-19-21-38-65(60)70(55-30-14-6-15-31-55,56-32-16-7-17-33-56)67(63)47-68(62)71(57-34-22-29-51(42-57)48-23-8-3-9-24-48)58-43-53(49-25-10-4-11-26-49)41-54(44-58)50-27-12-5-13-28-50/h3-47H,1-2H3. The lowest BCUT2D eigenvalue weighted by Crippen LogP contribution is -2.28. The second-order valence-corrected chi connectivity index (χ2v) is 19.6. The minimum absolute atomic E-state index is 0.181. The van der Waals surface area contributed by atoms with Crippen LogP contribution in [0.4, 0.5) is 17.1 Å². The molecule has 11 aromatic carbocycles. The first-order chi connectivity index (χ1) is 35.0. The molecule has 0 amide bonds. The second kappa shape index (κ2) is 17.0. The number of hydrogen-bond donors (Lipinski definition) is 0. The van der Waals surface area contributed by atoms with Gasteiger partial charge >= 0.3 is 0 Å². The van der Waals surface area contributed by atoms with Crippen molar-refractivity contribution in [1.82, 2.24) is 0 Å². The van der Waals surface area contributed by atoms with Crippen LogP contribution in [0.15, 0.2) is 273 Å². The summed E-state index contributed by atoms with van der Waals surface area (Å²) in [5, 5.41) is 0. The molecule has 13 rings (SSSR count). The summed E-state index contributed by atoms with van der Waals surface area (Å²) in [7, 11) is 0.